The van der Waals surface area contributed by atoms with E-state index in [1.807, 2.05) is 42.5 Å². The first-order valence-corrected chi connectivity index (χ1v) is 14.1. The number of nitrogens with one attached hydrogen (secondary N) is 1. The Morgan fingerprint density at radius 1 is 0.974 bits per heavy atom. The molecule has 0 saturated carbocycles. The Balaban J connectivity index is 1.57. The van der Waals surface area contributed by atoms with Crippen LogP contribution in [0.25, 0.3) is 28.8 Å². The maximum Gasteiger partial charge on any atom is 0.335 e. The molecule has 38 heavy (non-hydrogen) atoms. The third-order valence-corrected chi connectivity index (χ3v) is 8.85. The van der Waals surface area contributed by atoms with Gasteiger partial charge in [0, 0.05) is 27.9 Å². The van der Waals surface area contributed by atoms with Gasteiger partial charge in [0.15, 0.2) is 5.76 Å². The molecule has 0 bridgehead atoms. The molecule has 196 valence electrons. The summed E-state index contributed by atoms with van der Waals surface area (Å²) in [6.45, 7) is 3.52. The van der Waals surface area contributed by atoms with Crippen LogP contribution in [0.2, 0.25) is 5.02 Å². The van der Waals surface area contributed by atoms with Crippen molar-refractivity contribution in [3.63, 3.8) is 0 Å². The van der Waals surface area contributed by atoms with E-state index >= 15 is 0 Å². The lowest BCUT2D eigenvalue weighted by Gasteiger charge is -2.33. The van der Waals surface area contributed by atoms with Crippen LogP contribution in [0, 0.1) is 0 Å². The maximum absolute atomic E-state index is 12.7. The van der Waals surface area contributed by atoms with Crippen LogP contribution in [0.3, 0.4) is 0 Å². The number of carbonyl (C=O) groups excluding carboxylic acids is 1. The summed E-state index contributed by atoms with van der Waals surface area (Å²) < 4.78 is 18.2. The predicted octanol–water partition coefficient (Wildman–Crippen LogP) is 7.51. The van der Waals surface area contributed by atoms with Gasteiger partial charge in [0.05, 0.1) is 5.16 Å². The number of hydrogen-bond acceptors (Lipinski definition) is 4. The van der Waals surface area contributed by atoms with Gasteiger partial charge in [0.1, 0.15) is 5.69 Å². The third kappa shape index (κ3) is 5.82. The minimum Gasteiger partial charge on any atom is -0.436 e. The zero-order valence-corrected chi connectivity index (χ0v) is 22.6. The number of amides is 1. The van der Waals surface area contributed by atoms with E-state index in [2.05, 4.69) is 10.3 Å². The van der Waals surface area contributed by atoms with Gasteiger partial charge in [-0.2, -0.15) is 0 Å². The molecule has 0 unspecified atom stereocenters. The third-order valence-electron chi connectivity index (χ3n) is 6.60. The minimum absolute atomic E-state index is 0.292. The molecule has 0 fully saturated rings. The maximum atomic E-state index is 12.7. The molecule has 4 rings (SSSR count). The highest BCUT2D eigenvalue weighted by Gasteiger charge is 2.45. The highest BCUT2D eigenvalue weighted by atomic mass is 35.5. The standard InChI is InChI=1S/C29H28ClN2O5P/c1-3-29(4-2,38(34,35)36)22-12-16-24(17-13-22)31-26(33)19-18-25-27(20-10-14-23(30)15-11-20)32-28(37-25)21-8-6-5-7-9-21/h5-19H,3-4H2,1-2H3,(H,31,33)(H2,34,35,36)/b19-18+. The second kappa shape index (κ2) is 11.5. The molecule has 1 heterocycles. The highest BCUT2D eigenvalue weighted by molar-refractivity contribution is 7.53. The number of hydrogen-bond donors (Lipinski definition) is 3. The fourth-order valence-corrected chi connectivity index (χ4v) is 5.84. The van der Waals surface area contributed by atoms with Gasteiger partial charge in [-0.05, 0) is 60.9 Å². The number of nitrogens with zero attached hydrogens (tertiary/aromatic N) is 1. The molecule has 1 amide bonds. The van der Waals surface area contributed by atoms with E-state index in [0.717, 1.165) is 11.1 Å². The largest absolute Gasteiger partial charge is 0.436 e. The van der Waals surface area contributed by atoms with Gasteiger partial charge in [-0.15, -0.1) is 0 Å². The minimum atomic E-state index is -4.39. The van der Waals surface area contributed by atoms with E-state index < -0.39 is 18.7 Å². The van der Waals surface area contributed by atoms with Crippen molar-refractivity contribution < 1.29 is 23.6 Å². The van der Waals surface area contributed by atoms with Crippen LogP contribution in [0.15, 0.2) is 89.4 Å². The molecule has 0 atom stereocenters. The van der Waals surface area contributed by atoms with Crippen LogP contribution >= 0.6 is 19.2 Å². The molecule has 0 aliphatic heterocycles. The van der Waals surface area contributed by atoms with E-state index in [9.17, 15) is 19.1 Å². The molecule has 0 spiro atoms. The Labute approximate surface area is 226 Å². The second-order valence-electron chi connectivity index (χ2n) is 8.79. The lowest BCUT2D eigenvalue weighted by atomic mass is 9.92. The average Bonchev–Trinajstić information content (AvgIpc) is 3.34. The van der Waals surface area contributed by atoms with Crippen LogP contribution in [0.4, 0.5) is 5.69 Å². The molecule has 3 aromatic carbocycles. The summed E-state index contributed by atoms with van der Waals surface area (Å²) >= 11 is 6.04. The Hall–Kier alpha value is -3.48. The molecule has 9 heteroatoms. The number of rotatable bonds is 9. The van der Waals surface area contributed by atoms with Crippen LogP contribution < -0.4 is 5.32 Å². The first-order valence-electron chi connectivity index (χ1n) is 12.1. The first-order chi connectivity index (χ1) is 18.2. The van der Waals surface area contributed by atoms with Crippen molar-refractivity contribution in [1.29, 1.82) is 0 Å². The number of oxazole rings is 1. The summed E-state index contributed by atoms with van der Waals surface area (Å²) in [7, 11) is -4.39. The highest BCUT2D eigenvalue weighted by Crippen LogP contribution is 2.60. The van der Waals surface area contributed by atoms with Gasteiger partial charge < -0.3 is 19.5 Å². The zero-order valence-electron chi connectivity index (χ0n) is 21.0. The van der Waals surface area contributed by atoms with Gasteiger partial charge >= 0.3 is 7.60 Å². The summed E-state index contributed by atoms with van der Waals surface area (Å²) in [6, 6.07) is 23.2. The monoisotopic (exact) mass is 550 g/mol. The summed E-state index contributed by atoms with van der Waals surface area (Å²) in [5.41, 5.74) is 3.19. The molecule has 0 aliphatic rings. The summed E-state index contributed by atoms with van der Waals surface area (Å²) in [6.07, 6.45) is 3.49. The van der Waals surface area contributed by atoms with Crippen molar-refractivity contribution in [3.8, 4) is 22.7 Å². The molecule has 1 aromatic heterocycles. The van der Waals surface area contributed by atoms with Gasteiger partial charge in [-0.3, -0.25) is 9.36 Å². The Morgan fingerprint density at radius 2 is 1.61 bits per heavy atom. The Kier molecular flexibility index (Phi) is 8.34. The summed E-state index contributed by atoms with van der Waals surface area (Å²) in [5, 5.41) is 2.11. The second-order valence-corrected chi connectivity index (χ2v) is 11.2. The van der Waals surface area contributed by atoms with E-state index in [1.54, 1.807) is 56.3 Å². The topological polar surface area (TPSA) is 113 Å². The zero-order chi connectivity index (χ0) is 27.3. The van der Waals surface area contributed by atoms with E-state index in [0.29, 0.717) is 46.5 Å². The molecule has 0 saturated heterocycles. The molecule has 7 nitrogen and oxygen atoms in total. The van der Waals surface area contributed by atoms with Crippen molar-refractivity contribution in [2.24, 2.45) is 0 Å². The Bertz CT molecular complexity index is 1470. The van der Waals surface area contributed by atoms with Crippen molar-refractivity contribution in [2.75, 3.05) is 5.32 Å². The smallest absolute Gasteiger partial charge is 0.335 e. The summed E-state index contributed by atoms with van der Waals surface area (Å²) in [5.74, 6) is 0.435. The Morgan fingerprint density at radius 3 is 2.18 bits per heavy atom. The van der Waals surface area contributed by atoms with E-state index in [4.69, 9.17) is 16.0 Å². The molecule has 0 radical (unpaired) electrons. The van der Waals surface area contributed by atoms with Gasteiger partial charge in [-0.25, -0.2) is 4.98 Å². The SMILES string of the molecule is CCC(CC)(c1ccc(NC(=O)/C=C/c2oc(-c3ccccc3)nc2-c2ccc(Cl)cc2)cc1)P(=O)(O)O. The van der Waals surface area contributed by atoms with Gasteiger partial charge in [0.2, 0.25) is 11.8 Å². The van der Waals surface area contributed by atoms with Crippen LogP contribution in [0.5, 0.6) is 0 Å². The van der Waals surface area contributed by atoms with Crippen molar-refractivity contribution in [1.82, 2.24) is 4.98 Å². The van der Waals surface area contributed by atoms with Crippen LogP contribution in [-0.2, 0) is 14.5 Å². The molecular formula is C29H28ClN2O5P. The fraction of sp³-hybridized carbons (Fsp3) is 0.172. The van der Waals surface area contributed by atoms with Crippen molar-refractivity contribution in [2.45, 2.75) is 31.8 Å². The number of aromatic nitrogens is 1. The van der Waals surface area contributed by atoms with Crippen LogP contribution in [-0.4, -0.2) is 20.7 Å². The van der Waals surface area contributed by atoms with Crippen LogP contribution in [0.1, 0.15) is 38.0 Å². The number of carbonyl (C=O) groups is 1. The molecule has 3 N–H and O–H groups in total. The van der Waals surface area contributed by atoms with E-state index in [-0.39, 0.29) is 0 Å². The number of anilines is 1. The first kappa shape index (κ1) is 27.6. The quantitative estimate of drug-likeness (QED) is 0.147. The lowest BCUT2D eigenvalue weighted by molar-refractivity contribution is -0.111. The predicted molar refractivity (Wildman–Crippen MR) is 151 cm³/mol. The van der Waals surface area contributed by atoms with Crippen molar-refractivity contribution >= 4 is 36.9 Å². The van der Waals surface area contributed by atoms with Gasteiger partial charge in [-0.1, -0.05) is 67.9 Å². The average molecular weight is 551 g/mol. The molecule has 4 aromatic rings. The fourth-order valence-electron chi connectivity index (χ4n) is 4.40. The molecular weight excluding hydrogens is 523 g/mol. The summed E-state index contributed by atoms with van der Waals surface area (Å²) in [4.78, 5) is 37.3. The lowest BCUT2D eigenvalue weighted by Crippen LogP contribution is -2.24. The molecule has 0 aliphatic carbocycles. The van der Waals surface area contributed by atoms with Crippen molar-refractivity contribution in [3.05, 3.63) is 101 Å². The number of benzene rings is 3. The van der Waals surface area contributed by atoms with E-state index in [1.165, 1.54) is 6.08 Å². The number of halogens is 1. The van der Waals surface area contributed by atoms with Gasteiger partial charge in [0.25, 0.3) is 0 Å². The normalized spacial score (nSPS) is 12.1.